The lowest BCUT2D eigenvalue weighted by molar-refractivity contribution is 1.68. The molecule has 1 nitrogen and oxygen atoms in total. The molecule has 0 aliphatic heterocycles. The molecule has 7 heavy (non-hydrogen) atoms. The van der Waals surface area contributed by atoms with Crippen LogP contribution in [0.5, 0.6) is 0 Å². The zero-order valence-electron chi connectivity index (χ0n) is 4.69. The molecule has 0 spiro atoms. The molecule has 0 saturated heterocycles. The Bertz CT molecular complexity index is 51.4. The zero-order chi connectivity index (χ0) is 5.91. The van der Waals surface area contributed by atoms with Gasteiger partial charge in [0.1, 0.15) is 0 Å². The van der Waals surface area contributed by atoms with E-state index < -0.39 is 10.2 Å². The summed E-state index contributed by atoms with van der Waals surface area (Å²) in [6, 6.07) is 0. The van der Waals surface area contributed by atoms with Crippen molar-refractivity contribution in [2.75, 3.05) is 18.8 Å². The van der Waals surface area contributed by atoms with Gasteiger partial charge in [0.2, 0.25) is 0 Å². The van der Waals surface area contributed by atoms with Gasteiger partial charge in [0.25, 0.3) is 0 Å². The molecular formula is C3H10ClNS2. The molecule has 46 valence electrons. The van der Waals surface area contributed by atoms with Crippen molar-refractivity contribution < 1.29 is 0 Å². The van der Waals surface area contributed by atoms with Crippen LogP contribution in [0.15, 0.2) is 0 Å². The number of rotatable bonds is 2. The average molecular weight is 160 g/mol. The first-order valence-corrected chi connectivity index (χ1v) is 6.29. The Morgan fingerprint density at radius 1 is 1.43 bits per heavy atom. The molecule has 1 N–H and O–H groups in total. The highest BCUT2D eigenvalue weighted by Gasteiger charge is 1.98. The third-order valence-electron chi connectivity index (χ3n) is 0.281. The van der Waals surface area contributed by atoms with Crippen LogP contribution in [-0.2, 0) is 0 Å². The van der Waals surface area contributed by atoms with Crippen molar-refractivity contribution in [1.29, 1.82) is 0 Å². The van der Waals surface area contributed by atoms with Gasteiger partial charge in [-0.25, -0.2) is 4.13 Å². The summed E-state index contributed by atoms with van der Waals surface area (Å²) >= 11 is 1.17. The van der Waals surface area contributed by atoms with Gasteiger partial charge in [0.15, 0.2) is 0 Å². The molecule has 0 atom stereocenters. The molecule has 0 fully saturated rings. The molecular weight excluding hydrogens is 150 g/mol. The highest BCUT2D eigenvalue weighted by molar-refractivity contribution is 8.39. The van der Waals surface area contributed by atoms with Gasteiger partial charge in [0, 0.05) is 11.2 Å². The van der Waals surface area contributed by atoms with E-state index in [2.05, 4.69) is 22.9 Å². The first kappa shape index (κ1) is 7.95. The number of halogens is 1. The van der Waals surface area contributed by atoms with Crippen LogP contribution in [0.1, 0.15) is 0 Å². The van der Waals surface area contributed by atoms with Gasteiger partial charge in [0.05, 0.1) is 0 Å². The molecule has 0 aromatic carbocycles. The smallest absolute Gasteiger partial charge is 0.0371 e. The van der Waals surface area contributed by atoms with Crippen molar-refractivity contribution in [2.45, 2.75) is 0 Å². The Kier molecular flexibility index (Phi) is 3.49. The minimum atomic E-state index is -0.593. The number of hydrogen-bond donors (Lipinski definition) is 1. The van der Waals surface area contributed by atoms with E-state index in [0.29, 0.717) is 0 Å². The fourth-order valence-electron chi connectivity index (χ4n) is 0.0945. The van der Waals surface area contributed by atoms with E-state index in [1.165, 1.54) is 11.2 Å². The van der Waals surface area contributed by atoms with Gasteiger partial charge in [-0.1, -0.05) is 0 Å². The molecule has 0 rings (SSSR count). The van der Waals surface area contributed by atoms with Gasteiger partial charge in [-0.3, -0.25) is 0 Å². The Hall–Kier alpha value is 0.950. The number of hydrogen-bond acceptors (Lipinski definition) is 2. The summed E-state index contributed by atoms with van der Waals surface area (Å²) in [5, 5.41) is 0. The molecule has 0 saturated carbocycles. The van der Waals surface area contributed by atoms with Gasteiger partial charge in [-0.2, -0.15) is 10.2 Å². The first-order chi connectivity index (χ1) is 3.06. The molecule has 0 heterocycles. The normalized spacial score (nSPS) is 14.3. The van der Waals surface area contributed by atoms with E-state index in [0.717, 1.165) is 0 Å². The molecule has 0 aromatic rings. The monoisotopic (exact) mass is 159 g/mol. The predicted molar refractivity (Wildman–Crippen MR) is 41.9 cm³/mol. The fraction of sp³-hybridized carbons (Fsp3) is 1.00. The van der Waals surface area contributed by atoms with E-state index in [-0.39, 0.29) is 0 Å². The van der Waals surface area contributed by atoms with E-state index in [1.54, 1.807) is 0 Å². The van der Waals surface area contributed by atoms with Crippen molar-refractivity contribution in [3.63, 3.8) is 0 Å². The molecule has 0 aliphatic rings. The van der Waals surface area contributed by atoms with Crippen LogP contribution >= 0.6 is 32.1 Å². The summed E-state index contributed by atoms with van der Waals surface area (Å²) in [6.45, 7) is 0. The van der Waals surface area contributed by atoms with Crippen molar-refractivity contribution in [3.8, 4) is 0 Å². The third-order valence-corrected chi connectivity index (χ3v) is 3.10. The SMILES string of the molecule is CS(C)(C)NSCl. The Labute approximate surface area is 55.3 Å². The summed E-state index contributed by atoms with van der Waals surface area (Å²) in [5.74, 6) is 0. The van der Waals surface area contributed by atoms with Crippen molar-refractivity contribution in [1.82, 2.24) is 4.13 Å². The summed E-state index contributed by atoms with van der Waals surface area (Å²) in [4.78, 5) is 0. The van der Waals surface area contributed by atoms with Crippen LogP contribution in [-0.4, -0.2) is 18.8 Å². The fourth-order valence-corrected chi connectivity index (χ4v) is 2.55. The minimum Gasteiger partial charge on any atom is -0.213 e. The van der Waals surface area contributed by atoms with Crippen LogP contribution in [0.4, 0.5) is 0 Å². The Balaban J connectivity index is 3.15. The number of nitrogens with one attached hydrogen (secondary N) is 1. The maximum absolute atomic E-state index is 5.31. The quantitative estimate of drug-likeness (QED) is 0.619. The second-order valence-corrected chi connectivity index (χ2v) is 6.96. The van der Waals surface area contributed by atoms with Gasteiger partial charge in [-0.15, -0.1) is 0 Å². The lowest BCUT2D eigenvalue weighted by Crippen LogP contribution is -2.06. The molecule has 0 amide bonds. The summed E-state index contributed by atoms with van der Waals surface area (Å²) in [5.41, 5.74) is 0. The Morgan fingerprint density at radius 3 is 1.86 bits per heavy atom. The van der Waals surface area contributed by atoms with Gasteiger partial charge in [-0.05, 0) is 29.4 Å². The molecule has 0 aliphatic carbocycles. The predicted octanol–water partition coefficient (Wildman–Crippen LogP) is 1.99. The van der Waals surface area contributed by atoms with E-state index in [9.17, 15) is 0 Å². The molecule has 0 bridgehead atoms. The van der Waals surface area contributed by atoms with E-state index in [4.69, 9.17) is 10.7 Å². The molecule has 0 aromatic heterocycles. The highest BCUT2D eigenvalue weighted by atomic mass is 35.7. The lowest BCUT2D eigenvalue weighted by atomic mass is 11.9. The lowest BCUT2D eigenvalue weighted by Gasteiger charge is -2.23. The van der Waals surface area contributed by atoms with Crippen LogP contribution in [0.2, 0.25) is 0 Å². The average Bonchev–Trinajstić information content (AvgIpc) is 1.30. The second-order valence-electron chi connectivity index (χ2n) is 2.00. The van der Waals surface area contributed by atoms with Crippen LogP contribution in [0.3, 0.4) is 0 Å². The summed E-state index contributed by atoms with van der Waals surface area (Å²) in [6.07, 6.45) is 6.42. The van der Waals surface area contributed by atoms with Crippen molar-refractivity contribution in [2.24, 2.45) is 0 Å². The topological polar surface area (TPSA) is 12.0 Å². The Morgan fingerprint density at radius 2 is 1.86 bits per heavy atom. The third kappa shape index (κ3) is 6.95. The van der Waals surface area contributed by atoms with E-state index >= 15 is 0 Å². The maximum Gasteiger partial charge on any atom is 0.0371 e. The minimum absolute atomic E-state index is 0.593. The largest absolute Gasteiger partial charge is 0.213 e. The van der Waals surface area contributed by atoms with E-state index in [1.807, 2.05) is 0 Å². The van der Waals surface area contributed by atoms with Crippen molar-refractivity contribution >= 4 is 32.1 Å². The standard InChI is InChI=1S/C3H10ClNS2/c1-7(2,3)5-6-4/h5H,1-3H3. The molecule has 4 heteroatoms. The van der Waals surface area contributed by atoms with Crippen LogP contribution < -0.4 is 4.13 Å². The highest BCUT2D eigenvalue weighted by Crippen LogP contribution is 2.32. The maximum atomic E-state index is 5.31. The molecule has 0 radical (unpaired) electrons. The summed E-state index contributed by atoms with van der Waals surface area (Å²) in [7, 11) is 4.72. The summed E-state index contributed by atoms with van der Waals surface area (Å²) < 4.78 is 3.05. The molecule has 0 unspecified atom stereocenters. The first-order valence-electron chi connectivity index (χ1n) is 1.79. The van der Waals surface area contributed by atoms with Crippen LogP contribution in [0, 0.1) is 0 Å². The zero-order valence-corrected chi connectivity index (χ0v) is 7.08. The van der Waals surface area contributed by atoms with Crippen LogP contribution in [0.25, 0.3) is 0 Å². The van der Waals surface area contributed by atoms with Gasteiger partial charge < -0.3 is 0 Å². The van der Waals surface area contributed by atoms with Crippen molar-refractivity contribution in [3.05, 3.63) is 0 Å². The second kappa shape index (κ2) is 3.07. The van der Waals surface area contributed by atoms with Gasteiger partial charge >= 0.3 is 0 Å².